The van der Waals surface area contributed by atoms with Crippen LogP contribution in [-0.4, -0.2) is 57.7 Å². The number of amides is 3. The number of ether oxygens (including phenoxy) is 2. The average Bonchev–Trinajstić information content (AvgIpc) is 2.52. The van der Waals surface area contributed by atoms with Crippen molar-refractivity contribution in [2.45, 2.75) is 31.7 Å². The summed E-state index contributed by atoms with van der Waals surface area (Å²) in [6, 6.07) is -0.753. The van der Waals surface area contributed by atoms with Crippen LogP contribution in [0.25, 0.3) is 0 Å². The first-order valence-corrected chi connectivity index (χ1v) is 6.92. The lowest BCUT2D eigenvalue weighted by atomic mass is 10.1. The van der Waals surface area contributed by atoms with Crippen molar-refractivity contribution in [3.05, 3.63) is 0 Å². The molecule has 0 saturated heterocycles. The molecular formula is C13H23N3O6. The van der Waals surface area contributed by atoms with Crippen LogP contribution in [0.2, 0.25) is 0 Å². The van der Waals surface area contributed by atoms with Crippen LogP contribution in [0.1, 0.15) is 25.7 Å². The van der Waals surface area contributed by atoms with E-state index in [-0.39, 0.29) is 18.9 Å². The lowest BCUT2D eigenvalue weighted by Gasteiger charge is -2.17. The Morgan fingerprint density at radius 1 is 1.00 bits per heavy atom. The Labute approximate surface area is 129 Å². The highest BCUT2D eigenvalue weighted by atomic mass is 16.5. The van der Waals surface area contributed by atoms with Crippen LogP contribution in [0, 0.1) is 0 Å². The number of alkyl carbamates (subject to hydrolysis) is 2. The first kappa shape index (κ1) is 19.7. The van der Waals surface area contributed by atoms with Gasteiger partial charge in [0.05, 0.1) is 14.2 Å². The predicted octanol–water partition coefficient (Wildman–Crippen LogP) is -0.0575. The van der Waals surface area contributed by atoms with Crippen LogP contribution < -0.4 is 16.0 Å². The summed E-state index contributed by atoms with van der Waals surface area (Å²) in [4.78, 5) is 44.2. The predicted molar refractivity (Wildman–Crippen MR) is 77.3 cm³/mol. The van der Waals surface area contributed by atoms with Crippen molar-refractivity contribution in [2.75, 3.05) is 27.3 Å². The van der Waals surface area contributed by atoms with Crippen molar-refractivity contribution in [3.63, 3.8) is 0 Å². The van der Waals surface area contributed by atoms with E-state index in [9.17, 15) is 19.2 Å². The van der Waals surface area contributed by atoms with Gasteiger partial charge in [0.2, 0.25) is 5.91 Å². The lowest BCUT2D eigenvalue weighted by Crippen LogP contribution is -2.47. The lowest BCUT2D eigenvalue weighted by molar-refractivity contribution is -0.123. The number of hydrogen-bond acceptors (Lipinski definition) is 6. The molecule has 1 atom stereocenters. The van der Waals surface area contributed by atoms with Crippen LogP contribution >= 0.6 is 0 Å². The van der Waals surface area contributed by atoms with Gasteiger partial charge in [-0.1, -0.05) is 0 Å². The van der Waals surface area contributed by atoms with E-state index >= 15 is 0 Å². The van der Waals surface area contributed by atoms with E-state index in [0.717, 1.165) is 0 Å². The number of carbonyl (C=O) groups is 4. The molecule has 0 aliphatic rings. The molecule has 0 aromatic rings. The van der Waals surface area contributed by atoms with E-state index in [0.29, 0.717) is 32.1 Å². The standard InChI is InChI=1S/C13H23N3O6/c1-21-12(19)15-7-4-3-6-10(16-13(20)22-2)11(18)14-8-5-9-17/h9-10H,3-8H2,1-2H3,(H,14,18)(H,15,19)(H,16,20). The minimum absolute atomic E-state index is 0.208. The first-order valence-electron chi connectivity index (χ1n) is 6.92. The molecule has 0 heterocycles. The molecule has 0 radical (unpaired) electrons. The molecule has 0 saturated carbocycles. The minimum Gasteiger partial charge on any atom is -0.453 e. The molecule has 9 heteroatoms. The van der Waals surface area contributed by atoms with Gasteiger partial charge in [-0.3, -0.25) is 4.79 Å². The summed E-state index contributed by atoms with van der Waals surface area (Å²) in [5.41, 5.74) is 0. The van der Waals surface area contributed by atoms with Gasteiger partial charge in [-0.25, -0.2) is 9.59 Å². The second-order valence-corrected chi connectivity index (χ2v) is 4.35. The van der Waals surface area contributed by atoms with Crippen molar-refractivity contribution >= 4 is 24.4 Å². The highest BCUT2D eigenvalue weighted by molar-refractivity contribution is 5.85. The normalized spacial score (nSPS) is 11.0. The average molecular weight is 317 g/mol. The number of nitrogens with one attached hydrogen (secondary N) is 3. The van der Waals surface area contributed by atoms with Crippen LogP contribution in [0.15, 0.2) is 0 Å². The third-order valence-electron chi connectivity index (χ3n) is 2.73. The van der Waals surface area contributed by atoms with Crippen LogP contribution in [0.3, 0.4) is 0 Å². The molecule has 0 rings (SSSR count). The first-order chi connectivity index (χ1) is 10.5. The maximum atomic E-state index is 11.9. The number of carbonyl (C=O) groups excluding carboxylic acids is 4. The molecule has 22 heavy (non-hydrogen) atoms. The van der Waals surface area contributed by atoms with Gasteiger partial charge >= 0.3 is 12.2 Å². The van der Waals surface area contributed by atoms with Gasteiger partial charge in [0.15, 0.2) is 0 Å². The smallest absolute Gasteiger partial charge is 0.407 e. The molecule has 0 spiro atoms. The fraction of sp³-hybridized carbons (Fsp3) is 0.692. The summed E-state index contributed by atoms with van der Waals surface area (Å²) in [6.07, 6.45) is 1.28. The van der Waals surface area contributed by atoms with Crippen LogP contribution in [0.4, 0.5) is 9.59 Å². The van der Waals surface area contributed by atoms with Crippen molar-refractivity contribution in [1.82, 2.24) is 16.0 Å². The minimum atomic E-state index is -0.753. The van der Waals surface area contributed by atoms with Crippen LogP contribution in [-0.2, 0) is 19.1 Å². The third-order valence-corrected chi connectivity index (χ3v) is 2.73. The highest BCUT2D eigenvalue weighted by Crippen LogP contribution is 2.02. The van der Waals surface area contributed by atoms with E-state index in [1.165, 1.54) is 14.2 Å². The number of aldehydes is 1. The second kappa shape index (κ2) is 12.4. The van der Waals surface area contributed by atoms with E-state index in [2.05, 4.69) is 25.4 Å². The molecule has 9 nitrogen and oxygen atoms in total. The zero-order valence-corrected chi connectivity index (χ0v) is 12.8. The van der Waals surface area contributed by atoms with Crippen LogP contribution in [0.5, 0.6) is 0 Å². The zero-order valence-electron chi connectivity index (χ0n) is 12.8. The molecule has 0 aromatic heterocycles. The summed E-state index contributed by atoms with van der Waals surface area (Å²) < 4.78 is 8.89. The molecule has 3 N–H and O–H groups in total. The van der Waals surface area contributed by atoms with Gasteiger partial charge in [-0.05, 0) is 19.3 Å². The largest absolute Gasteiger partial charge is 0.453 e. The second-order valence-electron chi connectivity index (χ2n) is 4.35. The Hall–Kier alpha value is -2.32. The van der Waals surface area contributed by atoms with Gasteiger partial charge in [0.1, 0.15) is 12.3 Å². The molecule has 0 fully saturated rings. The SMILES string of the molecule is COC(=O)NCCCCC(NC(=O)OC)C(=O)NCCC=O. The summed E-state index contributed by atoms with van der Waals surface area (Å²) >= 11 is 0. The van der Waals surface area contributed by atoms with Gasteiger partial charge in [-0.2, -0.15) is 0 Å². The monoisotopic (exact) mass is 317 g/mol. The van der Waals surface area contributed by atoms with Crippen molar-refractivity contribution < 1.29 is 28.7 Å². The van der Waals surface area contributed by atoms with E-state index in [1.54, 1.807) is 0 Å². The van der Waals surface area contributed by atoms with Gasteiger partial charge < -0.3 is 30.2 Å². The van der Waals surface area contributed by atoms with Crippen molar-refractivity contribution in [3.8, 4) is 0 Å². The molecule has 1 unspecified atom stereocenters. The Bertz CT molecular complexity index is 375. The Kier molecular flexibility index (Phi) is 11.1. The van der Waals surface area contributed by atoms with Gasteiger partial charge in [-0.15, -0.1) is 0 Å². The number of methoxy groups -OCH3 is 2. The molecule has 0 aromatic carbocycles. The van der Waals surface area contributed by atoms with E-state index in [4.69, 9.17) is 0 Å². The molecule has 0 bridgehead atoms. The zero-order chi connectivity index (χ0) is 16.8. The summed E-state index contributed by atoms with van der Waals surface area (Å²) in [5, 5.41) is 7.50. The fourth-order valence-corrected chi connectivity index (χ4v) is 1.58. The molecule has 0 aliphatic heterocycles. The Morgan fingerprint density at radius 2 is 1.68 bits per heavy atom. The number of rotatable bonds is 10. The topological polar surface area (TPSA) is 123 Å². The van der Waals surface area contributed by atoms with E-state index < -0.39 is 18.2 Å². The van der Waals surface area contributed by atoms with E-state index in [1.807, 2.05) is 0 Å². The Morgan fingerprint density at radius 3 is 2.27 bits per heavy atom. The maximum absolute atomic E-state index is 11.9. The fourth-order valence-electron chi connectivity index (χ4n) is 1.58. The van der Waals surface area contributed by atoms with Crippen molar-refractivity contribution in [1.29, 1.82) is 0 Å². The third kappa shape index (κ3) is 9.56. The molecular weight excluding hydrogens is 294 g/mol. The Balaban J connectivity index is 4.17. The van der Waals surface area contributed by atoms with Crippen molar-refractivity contribution in [2.24, 2.45) is 0 Å². The maximum Gasteiger partial charge on any atom is 0.407 e. The summed E-state index contributed by atoms with van der Waals surface area (Å²) in [6.45, 7) is 0.621. The summed E-state index contributed by atoms with van der Waals surface area (Å²) in [5.74, 6) is -0.381. The highest BCUT2D eigenvalue weighted by Gasteiger charge is 2.20. The molecule has 0 aliphatic carbocycles. The summed E-state index contributed by atoms with van der Waals surface area (Å²) in [7, 11) is 2.48. The van der Waals surface area contributed by atoms with Gasteiger partial charge in [0, 0.05) is 19.5 Å². The number of hydrogen-bond donors (Lipinski definition) is 3. The van der Waals surface area contributed by atoms with Gasteiger partial charge in [0.25, 0.3) is 0 Å². The molecule has 126 valence electrons. The number of unbranched alkanes of at least 4 members (excludes halogenated alkanes) is 1. The quantitative estimate of drug-likeness (QED) is 0.383. The molecule has 3 amide bonds.